The SMILES string of the molecule is CCc1ccc(N2C(=O)C(Nc3ccc4c(c3)OCO4)=C(c3cccs3)C2=O)cc1. The van der Waals surface area contributed by atoms with Crippen molar-refractivity contribution in [1.29, 1.82) is 0 Å². The Bertz CT molecular complexity index is 1170. The highest BCUT2D eigenvalue weighted by molar-refractivity contribution is 7.11. The summed E-state index contributed by atoms with van der Waals surface area (Å²) in [5.74, 6) is 0.529. The van der Waals surface area contributed by atoms with Gasteiger partial charge in [-0.1, -0.05) is 25.1 Å². The minimum Gasteiger partial charge on any atom is -0.454 e. The van der Waals surface area contributed by atoms with Crippen LogP contribution in [0.25, 0.3) is 5.57 Å². The fourth-order valence-electron chi connectivity index (χ4n) is 3.53. The average molecular weight is 418 g/mol. The van der Waals surface area contributed by atoms with Crippen LogP contribution in [0.3, 0.4) is 0 Å². The molecule has 0 fully saturated rings. The third kappa shape index (κ3) is 3.04. The van der Waals surface area contributed by atoms with Crippen molar-refractivity contribution in [3.63, 3.8) is 0 Å². The number of nitrogens with zero attached hydrogens (tertiary/aromatic N) is 1. The summed E-state index contributed by atoms with van der Waals surface area (Å²) in [4.78, 5) is 28.6. The van der Waals surface area contributed by atoms with Gasteiger partial charge in [0.05, 0.1) is 11.3 Å². The molecular weight excluding hydrogens is 400 g/mol. The van der Waals surface area contributed by atoms with E-state index in [4.69, 9.17) is 9.47 Å². The molecule has 1 N–H and O–H groups in total. The summed E-state index contributed by atoms with van der Waals surface area (Å²) in [7, 11) is 0. The number of imide groups is 1. The summed E-state index contributed by atoms with van der Waals surface area (Å²) in [5.41, 5.74) is 2.96. The molecule has 2 amide bonds. The van der Waals surface area contributed by atoms with Crippen LogP contribution in [0, 0.1) is 0 Å². The Morgan fingerprint density at radius 2 is 1.80 bits per heavy atom. The molecule has 0 bridgehead atoms. The van der Waals surface area contributed by atoms with Crippen molar-refractivity contribution in [3.05, 3.63) is 76.1 Å². The third-order valence-corrected chi connectivity index (χ3v) is 5.98. The minimum absolute atomic E-state index is 0.168. The van der Waals surface area contributed by atoms with E-state index in [1.165, 1.54) is 16.2 Å². The van der Waals surface area contributed by atoms with Crippen molar-refractivity contribution >= 4 is 40.1 Å². The van der Waals surface area contributed by atoms with Crippen LogP contribution in [-0.4, -0.2) is 18.6 Å². The Kier molecular flexibility index (Phi) is 4.52. The lowest BCUT2D eigenvalue weighted by Gasteiger charge is -2.16. The highest BCUT2D eigenvalue weighted by Crippen LogP contribution is 2.38. The van der Waals surface area contributed by atoms with Crippen molar-refractivity contribution in [1.82, 2.24) is 0 Å². The second-order valence-corrected chi connectivity index (χ2v) is 7.83. The molecule has 6 nitrogen and oxygen atoms in total. The van der Waals surface area contributed by atoms with Gasteiger partial charge in [0.2, 0.25) is 6.79 Å². The highest BCUT2D eigenvalue weighted by atomic mass is 32.1. The van der Waals surface area contributed by atoms with Gasteiger partial charge in [-0.2, -0.15) is 0 Å². The molecule has 2 aromatic carbocycles. The van der Waals surface area contributed by atoms with Crippen LogP contribution < -0.4 is 19.7 Å². The Morgan fingerprint density at radius 1 is 1.00 bits per heavy atom. The molecule has 0 saturated heterocycles. The number of carbonyl (C=O) groups excluding carboxylic acids is 2. The zero-order valence-electron chi connectivity index (χ0n) is 16.2. The van der Waals surface area contributed by atoms with Crippen molar-refractivity contribution < 1.29 is 19.1 Å². The van der Waals surface area contributed by atoms with E-state index in [0.717, 1.165) is 16.9 Å². The quantitative estimate of drug-likeness (QED) is 0.621. The first-order chi connectivity index (χ1) is 14.7. The summed E-state index contributed by atoms with van der Waals surface area (Å²) >= 11 is 1.42. The Morgan fingerprint density at radius 3 is 2.53 bits per heavy atom. The lowest BCUT2D eigenvalue weighted by atomic mass is 10.1. The van der Waals surface area contributed by atoms with Crippen LogP contribution in [0.15, 0.2) is 65.7 Å². The predicted molar refractivity (Wildman–Crippen MR) is 116 cm³/mol. The van der Waals surface area contributed by atoms with Gasteiger partial charge in [-0.05, 0) is 47.7 Å². The van der Waals surface area contributed by atoms with Crippen LogP contribution in [0.4, 0.5) is 11.4 Å². The third-order valence-electron chi connectivity index (χ3n) is 5.10. The molecule has 0 aliphatic carbocycles. The van der Waals surface area contributed by atoms with Gasteiger partial charge in [0, 0.05) is 16.6 Å². The van der Waals surface area contributed by atoms with E-state index in [-0.39, 0.29) is 24.3 Å². The molecule has 2 aliphatic heterocycles. The first-order valence-corrected chi connectivity index (χ1v) is 10.5. The molecule has 0 radical (unpaired) electrons. The van der Waals surface area contributed by atoms with Crippen molar-refractivity contribution in [3.8, 4) is 11.5 Å². The monoisotopic (exact) mass is 418 g/mol. The molecule has 0 spiro atoms. The Hall–Kier alpha value is -3.58. The maximum absolute atomic E-state index is 13.3. The standard InChI is InChI=1S/C23H18N2O4S/c1-2-14-5-8-16(9-6-14)25-22(26)20(19-4-3-11-30-19)21(23(25)27)24-15-7-10-17-18(12-15)29-13-28-17/h3-12,24H,2,13H2,1H3. The summed E-state index contributed by atoms with van der Waals surface area (Å²) in [6.07, 6.45) is 0.887. The summed E-state index contributed by atoms with van der Waals surface area (Å²) in [6, 6.07) is 16.5. The van der Waals surface area contributed by atoms with Gasteiger partial charge >= 0.3 is 0 Å². The predicted octanol–water partition coefficient (Wildman–Crippen LogP) is 4.44. The molecule has 7 heteroatoms. The molecule has 150 valence electrons. The van der Waals surface area contributed by atoms with Crippen LogP contribution in [-0.2, 0) is 16.0 Å². The van der Waals surface area contributed by atoms with Gasteiger partial charge in [0.25, 0.3) is 11.8 Å². The maximum atomic E-state index is 13.3. The lowest BCUT2D eigenvalue weighted by molar-refractivity contribution is -0.120. The zero-order valence-corrected chi connectivity index (χ0v) is 17.0. The van der Waals surface area contributed by atoms with Crippen LogP contribution >= 0.6 is 11.3 Å². The molecular formula is C23H18N2O4S. The normalized spacial score (nSPS) is 15.3. The number of benzene rings is 2. The second kappa shape index (κ2) is 7.35. The number of carbonyl (C=O) groups is 2. The number of amides is 2. The maximum Gasteiger partial charge on any atom is 0.282 e. The molecule has 5 rings (SSSR count). The van der Waals surface area contributed by atoms with Gasteiger partial charge in [0.15, 0.2) is 11.5 Å². The van der Waals surface area contributed by atoms with Crippen molar-refractivity contribution in [2.75, 3.05) is 17.0 Å². The number of hydrogen-bond acceptors (Lipinski definition) is 6. The first kappa shape index (κ1) is 18.4. The molecule has 1 aromatic heterocycles. The first-order valence-electron chi connectivity index (χ1n) is 9.58. The Balaban J connectivity index is 1.54. The van der Waals surface area contributed by atoms with Gasteiger partial charge in [-0.15, -0.1) is 11.3 Å². The van der Waals surface area contributed by atoms with Gasteiger partial charge in [0.1, 0.15) is 5.70 Å². The number of aryl methyl sites for hydroxylation is 1. The number of fused-ring (bicyclic) bond motifs is 1. The number of ether oxygens (including phenoxy) is 2. The van der Waals surface area contributed by atoms with Crippen LogP contribution in [0.2, 0.25) is 0 Å². The molecule has 3 aromatic rings. The van der Waals surface area contributed by atoms with E-state index < -0.39 is 0 Å². The summed E-state index contributed by atoms with van der Waals surface area (Å²) in [6.45, 7) is 2.23. The molecule has 0 saturated carbocycles. The number of anilines is 2. The van der Waals surface area contributed by atoms with E-state index in [9.17, 15) is 9.59 Å². The minimum atomic E-state index is -0.384. The average Bonchev–Trinajstić information content (AvgIpc) is 3.49. The largest absolute Gasteiger partial charge is 0.454 e. The zero-order chi connectivity index (χ0) is 20.7. The molecule has 30 heavy (non-hydrogen) atoms. The summed E-state index contributed by atoms with van der Waals surface area (Å²) < 4.78 is 10.8. The van der Waals surface area contributed by atoms with Crippen molar-refractivity contribution in [2.24, 2.45) is 0 Å². The van der Waals surface area contributed by atoms with Gasteiger partial charge < -0.3 is 14.8 Å². The van der Waals surface area contributed by atoms with Gasteiger partial charge in [-0.25, -0.2) is 4.90 Å². The van der Waals surface area contributed by atoms with E-state index in [1.54, 1.807) is 18.2 Å². The van der Waals surface area contributed by atoms with E-state index >= 15 is 0 Å². The Labute approximate surface area is 177 Å². The van der Waals surface area contributed by atoms with Gasteiger partial charge in [-0.3, -0.25) is 9.59 Å². The fraction of sp³-hybridized carbons (Fsp3) is 0.130. The number of thiophene rings is 1. The smallest absolute Gasteiger partial charge is 0.282 e. The van der Waals surface area contributed by atoms with Crippen LogP contribution in [0.1, 0.15) is 17.4 Å². The van der Waals surface area contributed by atoms with Crippen molar-refractivity contribution in [2.45, 2.75) is 13.3 Å². The van der Waals surface area contributed by atoms with E-state index in [1.807, 2.05) is 41.8 Å². The molecule has 3 heterocycles. The second-order valence-electron chi connectivity index (χ2n) is 6.89. The number of hydrogen-bond donors (Lipinski definition) is 1. The number of nitrogens with one attached hydrogen (secondary N) is 1. The highest BCUT2D eigenvalue weighted by Gasteiger charge is 2.40. The summed E-state index contributed by atoms with van der Waals surface area (Å²) in [5, 5.41) is 5.04. The molecule has 0 atom stereocenters. The molecule has 2 aliphatic rings. The lowest BCUT2D eigenvalue weighted by Crippen LogP contribution is -2.32. The topological polar surface area (TPSA) is 67.9 Å². The van der Waals surface area contributed by atoms with E-state index in [2.05, 4.69) is 12.2 Å². The number of rotatable bonds is 5. The van der Waals surface area contributed by atoms with Crippen LogP contribution in [0.5, 0.6) is 11.5 Å². The fourth-order valence-corrected chi connectivity index (χ4v) is 4.30. The van der Waals surface area contributed by atoms with E-state index in [0.29, 0.717) is 28.4 Å². The molecule has 0 unspecified atom stereocenters.